The van der Waals surface area contributed by atoms with E-state index in [-0.39, 0.29) is 6.03 Å². The standard InChI is InChI=1S/C26H40N6O/c1-4-15-31(26(33)27-22-11-7-5-8-12-22)20-24-21(2)28-32(23-13-9-6-10-14-23)25(24)30-18-16-29(3)17-19-30/h6,9-10,13-14,22H,4-5,7-8,11-12,15-20H2,1-3H3,(H,27,33). The van der Waals surface area contributed by atoms with E-state index in [0.29, 0.717) is 12.6 Å². The summed E-state index contributed by atoms with van der Waals surface area (Å²) in [6, 6.07) is 10.7. The molecule has 33 heavy (non-hydrogen) atoms. The Labute approximate surface area is 198 Å². The van der Waals surface area contributed by atoms with Crippen LogP contribution in [-0.4, -0.2) is 71.4 Å². The average Bonchev–Trinajstić information content (AvgIpc) is 3.16. The Kier molecular flexibility index (Phi) is 7.91. The van der Waals surface area contributed by atoms with Crippen molar-refractivity contribution in [3.05, 3.63) is 41.6 Å². The van der Waals surface area contributed by atoms with Crippen LogP contribution in [0.25, 0.3) is 5.69 Å². The maximum atomic E-state index is 13.3. The predicted octanol–water partition coefficient (Wildman–Crippen LogP) is 4.19. The number of benzene rings is 1. The van der Waals surface area contributed by atoms with Crippen molar-refractivity contribution in [1.29, 1.82) is 0 Å². The molecule has 1 saturated heterocycles. The van der Waals surface area contributed by atoms with E-state index in [9.17, 15) is 4.79 Å². The minimum absolute atomic E-state index is 0.0694. The molecule has 1 aliphatic carbocycles. The molecule has 0 unspecified atom stereocenters. The zero-order chi connectivity index (χ0) is 23.2. The zero-order valence-corrected chi connectivity index (χ0v) is 20.6. The summed E-state index contributed by atoms with van der Waals surface area (Å²) < 4.78 is 2.08. The lowest BCUT2D eigenvalue weighted by Gasteiger charge is -2.35. The molecule has 2 aliphatic rings. The van der Waals surface area contributed by atoms with Crippen LogP contribution in [0.4, 0.5) is 10.6 Å². The number of likely N-dealkylation sites (N-methyl/N-ethyl adjacent to an activating group) is 1. The summed E-state index contributed by atoms with van der Waals surface area (Å²) in [4.78, 5) is 20.1. The van der Waals surface area contributed by atoms with Crippen molar-refractivity contribution in [2.24, 2.45) is 0 Å². The van der Waals surface area contributed by atoms with Gasteiger partial charge in [-0.3, -0.25) is 0 Å². The number of nitrogens with zero attached hydrogens (tertiary/aromatic N) is 5. The molecule has 7 nitrogen and oxygen atoms in total. The molecule has 1 aromatic heterocycles. The Morgan fingerprint density at radius 3 is 2.45 bits per heavy atom. The summed E-state index contributed by atoms with van der Waals surface area (Å²) in [6.07, 6.45) is 6.86. The number of hydrogen-bond acceptors (Lipinski definition) is 4. The van der Waals surface area contributed by atoms with Crippen LogP contribution in [0.3, 0.4) is 0 Å². The van der Waals surface area contributed by atoms with Crippen molar-refractivity contribution < 1.29 is 4.79 Å². The molecular formula is C26H40N6O. The van der Waals surface area contributed by atoms with Crippen molar-refractivity contribution in [1.82, 2.24) is 24.9 Å². The summed E-state index contributed by atoms with van der Waals surface area (Å²) in [5, 5.41) is 8.29. The molecule has 1 saturated carbocycles. The van der Waals surface area contributed by atoms with Gasteiger partial charge in [0.2, 0.25) is 0 Å². The number of hydrogen-bond donors (Lipinski definition) is 1. The number of amides is 2. The van der Waals surface area contributed by atoms with Crippen LogP contribution in [-0.2, 0) is 6.54 Å². The molecule has 0 bridgehead atoms. The smallest absolute Gasteiger partial charge is 0.317 e. The zero-order valence-electron chi connectivity index (χ0n) is 20.6. The fraction of sp³-hybridized carbons (Fsp3) is 0.615. The first kappa shape index (κ1) is 23.6. The fourth-order valence-electron chi connectivity index (χ4n) is 5.05. The molecule has 0 radical (unpaired) electrons. The lowest BCUT2D eigenvalue weighted by Crippen LogP contribution is -2.47. The van der Waals surface area contributed by atoms with Gasteiger partial charge in [0.25, 0.3) is 0 Å². The van der Waals surface area contributed by atoms with Gasteiger partial charge in [-0.1, -0.05) is 44.4 Å². The van der Waals surface area contributed by atoms with Gasteiger partial charge >= 0.3 is 6.03 Å². The van der Waals surface area contributed by atoms with E-state index in [1.165, 1.54) is 19.3 Å². The van der Waals surface area contributed by atoms with Crippen LogP contribution in [0, 0.1) is 6.92 Å². The maximum absolute atomic E-state index is 13.3. The van der Waals surface area contributed by atoms with E-state index in [1.807, 2.05) is 11.0 Å². The minimum Gasteiger partial charge on any atom is -0.354 e. The summed E-state index contributed by atoms with van der Waals surface area (Å²) in [5.41, 5.74) is 3.23. The highest BCUT2D eigenvalue weighted by Gasteiger charge is 2.27. The van der Waals surface area contributed by atoms with Gasteiger partial charge in [-0.25, -0.2) is 9.48 Å². The van der Waals surface area contributed by atoms with E-state index in [2.05, 4.69) is 65.0 Å². The highest BCUT2D eigenvalue weighted by molar-refractivity contribution is 5.75. The minimum atomic E-state index is 0.0694. The SMILES string of the molecule is CCCN(Cc1c(C)nn(-c2ccccc2)c1N1CCN(C)CC1)C(=O)NC1CCCCC1. The Hall–Kier alpha value is -2.54. The number of anilines is 1. The van der Waals surface area contributed by atoms with Crippen LogP contribution >= 0.6 is 0 Å². The van der Waals surface area contributed by atoms with Gasteiger partial charge < -0.3 is 20.0 Å². The van der Waals surface area contributed by atoms with E-state index in [1.54, 1.807) is 0 Å². The van der Waals surface area contributed by atoms with Crippen LogP contribution in [0.5, 0.6) is 0 Å². The van der Waals surface area contributed by atoms with Crippen molar-refractivity contribution >= 4 is 11.8 Å². The number of carbonyl (C=O) groups is 1. The largest absolute Gasteiger partial charge is 0.354 e. The third-order valence-corrected chi connectivity index (χ3v) is 7.02. The van der Waals surface area contributed by atoms with Gasteiger partial charge in [0, 0.05) is 44.3 Å². The van der Waals surface area contributed by atoms with E-state index < -0.39 is 0 Å². The number of rotatable bonds is 7. The fourth-order valence-corrected chi connectivity index (χ4v) is 5.05. The molecule has 2 amide bonds. The summed E-state index contributed by atoms with van der Waals surface area (Å²) in [5.74, 6) is 1.14. The van der Waals surface area contributed by atoms with E-state index >= 15 is 0 Å². The number of aryl methyl sites for hydroxylation is 1. The van der Waals surface area contributed by atoms with Crippen LogP contribution in [0.15, 0.2) is 30.3 Å². The summed E-state index contributed by atoms with van der Waals surface area (Å²) in [6.45, 7) is 9.54. The van der Waals surface area contributed by atoms with E-state index in [0.717, 1.165) is 74.7 Å². The van der Waals surface area contributed by atoms with Crippen LogP contribution < -0.4 is 10.2 Å². The van der Waals surface area contributed by atoms with Crippen molar-refractivity contribution in [3.8, 4) is 5.69 Å². The number of piperazine rings is 1. The second-order valence-corrected chi connectivity index (χ2v) is 9.63. The lowest BCUT2D eigenvalue weighted by atomic mass is 9.96. The maximum Gasteiger partial charge on any atom is 0.317 e. The normalized spacial score (nSPS) is 17.8. The number of carbonyl (C=O) groups excluding carboxylic acids is 1. The molecule has 1 N–H and O–H groups in total. The Morgan fingerprint density at radius 2 is 1.79 bits per heavy atom. The highest BCUT2D eigenvalue weighted by Crippen LogP contribution is 2.30. The molecule has 0 atom stereocenters. The van der Waals surface area contributed by atoms with Gasteiger partial charge in [-0.15, -0.1) is 0 Å². The highest BCUT2D eigenvalue weighted by atomic mass is 16.2. The Bertz CT molecular complexity index is 897. The van der Waals surface area contributed by atoms with Gasteiger partial charge in [-0.05, 0) is 45.4 Å². The molecule has 2 aromatic rings. The number of aromatic nitrogens is 2. The van der Waals surface area contributed by atoms with Crippen LogP contribution in [0.2, 0.25) is 0 Å². The summed E-state index contributed by atoms with van der Waals surface area (Å²) in [7, 11) is 2.18. The monoisotopic (exact) mass is 452 g/mol. The lowest BCUT2D eigenvalue weighted by molar-refractivity contribution is 0.187. The second-order valence-electron chi connectivity index (χ2n) is 9.63. The van der Waals surface area contributed by atoms with Gasteiger partial charge in [0.15, 0.2) is 0 Å². The van der Waals surface area contributed by atoms with Crippen molar-refractivity contribution in [3.63, 3.8) is 0 Å². The van der Waals surface area contributed by atoms with Gasteiger partial charge in [0.1, 0.15) is 5.82 Å². The molecule has 2 heterocycles. The second kappa shape index (κ2) is 11.1. The Balaban J connectivity index is 1.63. The summed E-state index contributed by atoms with van der Waals surface area (Å²) >= 11 is 0. The van der Waals surface area contributed by atoms with Crippen LogP contribution in [0.1, 0.15) is 56.7 Å². The number of urea groups is 1. The Morgan fingerprint density at radius 1 is 1.09 bits per heavy atom. The topological polar surface area (TPSA) is 56.6 Å². The first-order chi connectivity index (χ1) is 16.1. The molecule has 0 spiro atoms. The molecule has 4 rings (SSSR count). The van der Waals surface area contributed by atoms with Crippen molar-refractivity contribution in [2.75, 3.05) is 44.7 Å². The molecule has 180 valence electrons. The molecule has 2 fully saturated rings. The molecule has 7 heteroatoms. The molecule has 1 aliphatic heterocycles. The first-order valence-corrected chi connectivity index (χ1v) is 12.7. The van der Waals surface area contributed by atoms with Crippen molar-refractivity contribution in [2.45, 2.75) is 65.0 Å². The molecular weight excluding hydrogens is 412 g/mol. The van der Waals surface area contributed by atoms with E-state index in [4.69, 9.17) is 5.10 Å². The first-order valence-electron chi connectivity index (χ1n) is 12.7. The quantitative estimate of drug-likeness (QED) is 0.685. The number of para-hydroxylation sites is 1. The van der Waals surface area contributed by atoms with Gasteiger partial charge in [-0.2, -0.15) is 5.10 Å². The predicted molar refractivity (Wildman–Crippen MR) is 134 cm³/mol. The third-order valence-electron chi connectivity index (χ3n) is 7.02. The third kappa shape index (κ3) is 5.69. The average molecular weight is 453 g/mol. The number of nitrogens with one attached hydrogen (secondary N) is 1. The van der Waals surface area contributed by atoms with Gasteiger partial charge in [0.05, 0.1) is 17.9 Å². The molecule has 1 aromatic carbocycles.